The van der Waals surface area contributed by atoms with E-state index in [-0.39, 0.29) is 0 Å². The first kappa shape index (κ1) is 13.4. The summed E-state index contributed by atoms with van der Waals surface area (Å²) in [7, 11) is 0. The van der Waals surface area contributed by atoms with Crippen LogP contribution in [0.15, 0.2) is 0 Å². The summed E-state index contributed by atoms with van der Waals surface area (Å²) in [6, 6.07) is 0.745. The second kappa shape index (κ2) is 5.71. The highest BCUT2D eigenvalue weighted by molar-refractivity contribution is 4.86. The van der Waals surface area contributed by atoms with Gasteiger partial charge in [-0.25, -0.2) is 0 Å². The van der Waals surface area contributed by atoms with Crippen molar-refractivity contribution in [3.05, 3.63) is 0 Å². The van der Waals surface area contributed by atoms with Crippen molar-refractivity contribution < 1.29 is 0 Å². The summed E-state index contributed by atoms with van der Waals surface area (Å²) in [5, 5.41) is 3.71. The zero-order chi connectivity index (χ0) is 12.3. The van der Waals surface area contributed by atoms with Crippen molar-refractivity contribution in [2.75, 3.05) is 26.2 Å². The summed E-state index contributed by atoms with van der Waals surface area (Å²) >= 11 is 0. The van der Waals surface area contributed by atoms with E-state index in [1.165, 1.54) is 58.3 Å². The van der Waals surface area contributed by atoms with Gasteiger partial charge in [-0.05, 0) is 56.7 Å². The zero-order valence-corrected chi connectivity index (χ0v) is 12.0. The van der Waals surface area contributed by atoms with E-state index < -0.39 is 0 Å². The van der Waals surface area contributed by atoms with Crippen LogP contribution in [0.25, 0.3) is 0 Å². The molecule has 2 fully saturated rings. The predicted molar refractivity (Wildman–Crippen MR) is 74.3 cm³/mol. The molecule has 2 aliphatic heterocycles. The molecule has 100 valence electrons. The maximum Gasteiger partial charge on any atom is 0.0220 e. The molecule has 17 heavy (non-hydrogen) atoms. The van der Waals surface area contributed by atoms with Crippen LogP contribution in [0, 0.1) is 11.3 Å². The number of nitrogens with one attached hydrogen (secondary N) is 1. The molecule has 2 heteroatoms. The van der Waals surface area contributed by atoms with E-state index in [4.69, 9.17) is 0 Å². The zero-order valence-electron chi connectivity index (χ0n) is 12.0. The largest absolute Gasteiger partial charge is 0.312 e. The third-order valence-corrected chi connectivity index (χ3v) is 5.30. The SMILES string of the molecule is CCC1(C)CCN(CC2NCCCC2C)CC1. The van der Waals surface area contributed by atoms with Gasteiger partial charge >= 0.3 is 0 Å². The fraction of sp³-hybridized carbons (Fsp3) is 1.00. The number of likely N-dealkylation sites (tertiary alicyclic amines) is 1. The van der Waals surface area contributed by atoms with E-state index in [0.717, 1.165) is 12.0 Å². The first-order chi connectivity index (χ1) is 8.13. The molecule has 0 aromatic rings. The van der Waals surface area contributed by atoms with Gasteiger partial charge in [0.25, 0.3) is 0 Å². The predicted octanol–water partition coefficient (Wildman–Crippen LogP) is 2.89. The molecule has 2 rings (SSSR count). The molecule has 2 heterocycles. The summed E-state index contributed by atoms with van der Waals surface area (Å²) < 4.78 is 0. The van der Waals surface area contributed by atoms with Crippen molar-refractivity contribution in [3.8, 4) is 0 Å². The van der Waals surface area contributed by atoms with E-state index in [1.54, 1.807) is 0 Å². The molecule has 2 saturated heterocycles. The van der Waals surface area contributed by atoms with Crippen LogP contribution in [-0.4, -0.2) is 37.1 Å². The van der Waals surface area contributed by atoms with Crippen LogP contribution in [0.3, 0.4) is 0 Å². The maximum atomic E-state index is 3.71. The Morgan fingerprint density at radius 1 is 1.29 bits per heavy atom. The summed E-state index contributed by atoms with van der Waals surface area (Å²) in [5.74, 6) is 0.864. The molecule has 2 nitrogen and oxygen atoms in total. The Balaban J connectivity index is 1.77. The summed E-state index contributed by atoms with van der Waals surface area (Å²) in [6.07, 6.45) is 6.91. The molecule has 0 aliphatic carbocycles. The molecule has 0 amide bonds. The Hall–Kier alpha value is -0.0800. The molecule has 0 saturated carbocycles. The van der Waals surface area contributed by atoms with Gasteiger partial charge in [-0.3, -0.25) is 0 Å². The van der Waals surface area contributed by atoms with Crippen LogP contribution >= 0.6 is 0 Å². The Labute approximate surface area is 107 Å². The fourth-order valence-corrected chi connectivity index (χ4v) is 3.27. The molecule has 2 aliphatic rings. The first-order valence-corrected chi connectivity index (χ1v) is 7.59. The van der Waals surface area contributed by atoms with Gasteiger partial charge in [-0.1, -0.05) is 27.2 Å². The number of rotatable bonds is 3. The third-order valence-electron chi connectivity index (χ3n) is 5.30. The number of piperidine rings is 2. The average molecular weight is 238 g/mol. The highest BCUT2D eigenvalue weighted by Crippen LogP contribution is 2.34. The molecule has 0 bridgehead atoms. The third kappa shape index (κ3) is 3.45. The van der Waals surface area contributed by atoms with Gasteiger partial charge in [0.15, 0.2) is 0 Å². The van der Waals surface area contributed by atoms with Crippen LogP contribution in [0.1, 0.15) is 52.9 Å². The molecular formula is C15H30N2. The second-order valence-electron chi connectivity index (χ2n) is 6.64. The summed E-state index contributed by atoms with van der Waals surface area (Å²) in [5.41, 5.74) is 0.627. The minimum Gasteiger partial charge on any atom is -0.312 e. The quantitative estimate of drug-likeness (QED) is 0.813. The Morgan fingerprint density at radius 2 is 2.00 bits per heavy atom. The van der Waals surface area contributed by atoms with Gasteiger partial charge in [0.1, 0.15) is 0 Å². The van der Waals surface area contributed by atoms with Crippen molar-refractivity contribution >= 4 is 0 Å². The summed E-state index contributed by atoms with van der Waals surface area (Å²) in [4.78, 5) is 2.69. The van der Waals surface area contributed by atoms with E-state index in [9.17, 15) is 0 Å². The van der Waals surface area contributed by atoms with Crippen molar-refractivity contribution in [1.82, 2.24) is 10.2 Å². The standard InChI is InChI=1S/C15H30N2/c1-4-15(3)7-10-17(11-8-15)12-14-13(2)6-5-9-16-14/h13-14,16H,4-12H2,1-3H3. The highest BCUT2D eigenvalue weighted by Gasteiger charge is 2.30. The lowest BCUT2D eigenvalue weighted by atomic mass is 9.78. The fourth-order valence-electron chi connectivity index (χ4n) is 3.27. The number of hydrogen-bond acceptors (Lipinski definition) is 2. The average Bonchev–Trinajstić information content (AvgIpc) is 2.35. The van der Waals surface area contributed by atoms with Crippen LogP contribution in [0.2, 0.25) is 0 Å². The lowest BCUT2D eigenvalue weighted by Gasteiger charge is -2.42. The van der Waals surface area contributed by atoms with E-state index in [1.807, 2.05) is 0 Å². The van der Waals surface area contributed by atoms with Gasteiger partial charge in [0.05, 0.1) is 0 Å². The maximum absolute atomic E-state index is 3.71. The topological polar surface area (TPSA) is 15.3 Å². The van der Waals surface area contributed by atoms with Crippen LogP contribution in [0.5, 0.6) is 0 Å². The molecule has 0 radical (unpaired) electrons. The second-order valence-corrected chi connectivity index (χ2v) is 6.64. The molecule has 2 atom stereocenters. The van der Waals surface area contributed by atoms with Gasteiger partial charge < -0.3 is 10.2 Å². The molecule has 1 N–H and O–H groups in total. The highest BCUT2D eigenvalue weighted by atomic mass is 15.2. The van der Waals surface area contributed by atoms with Crippen molar-refractivity contribution in [2.45, 2.75) is 58.9 Å². The lowest BCUT2D eigenvalue weighted by Crippen LogP contribution is -2.50. The van der Waals surface area contributed by atoms with E-state index in [0.29, 0.717) is 5.41 Å². The first-order valence-electron chi connectivity index (χ1n) is 7.59. The Morgan fingerprint density at radius 3 is 2.59 bits per heavy atom. The monoisotopic (exact) mass is 238 g/mol. The van der Waals surface area contributed by atoms with E-state index in [2.05, 4.69) is 31.0 Å². The molecule has 0 aromatic heterocycles. The van der Waals surface area contributed by atoms with Crippen molar-refractivity contribution in [2.24, 2.45) is 11.3 Å². The number of hydrogen-bond donors (Lipinski definition) is 1. The Kier molecular flexibility index (Phi) is 4.48. The van der Waals surface area contributed by atoms with Crippen LogP contribution in [0.4, 0.5) is 0 Å². The molecule has 2 unspecified atom stereocenters. The molecule has 0 aromatic carbocycles. The molecular weight excluding hydrogens is 208 g/mol. The lowest BCUT2D eigenvalue weighted by molar-refractivity contribution is 0.0946. The Bertz CT molecular complexity index is 231. The van der Waals surface area contributed by atoms with Crippen LogP contribution in [-0.2, 0) is 0 Å². The van der Waals surface area contributed by atoms with Crippen molar-refractivity contribution in [3.63, 3.8) is 0 Å². The normalized spacial score (nSPS) is 34.8. The minimum absolute atomic E-state index is 0.627. The van der Waals surface area contributed by atoms with Gasteiger partial charge in [0, 0.05) is 12.6 Å². The summed E-state index contributed by atoms with van der Waals surface area (Å²) in [6.45, 7) is 12.4. The number of nitrogens with zero attached hydrogens (tertiary/aromatic N) is 1. The van der Waals surface area contributed by atoms with Gasteiger partial charge in [-0.15, -0.1) is 0 Å². The smallest absolute Gasteiger partial charge is 0.0220 e. The minimum atomic E-state index is 0.627. The molecule has 0 spiro atoms. The van der Waals surface area contributed by atoms with E-state index >= 15 is 0 Å². The van der Waals surface area contributed by atoms with Gasteiger partial charge in [-0.2, -0.15) is 0 Å². The van der Waals surface area contributed by atoms with Crippen molar-refractivity contribution in [1.29, 1.82) is 0 Å². The van der Waals surface area contributed by atoms with Gasteiger partial charge in [0.2, 0.25) is 0 Å². The van der Waals surface area contributed by atoms with Crippen LogP contribution < -0.4 is 5.32 Å².